The van der Waals surface area contributed by atoms with Crippen LogP contribution < -0.4 is 10.6 Å². The first-order valence-electron chi connectivity index (χ1n) is 9.33. The highest BCUT2D eigenvalue weighted by Crippen LogP contribution is 2.27. The molecule has 0 aliphatic carbocycles. The summed E-state index contributed by atoms with van der Waals surface area (Å²) in [5.74, 6) is 1.32. The third-order valence-electron chi connectivity index (χ3n) is 4.71. The van der Waals surface area contributed by atoms with Crippen molar-refractivity contribution in [1.82, 2.24) is 20.5 Å². The summed E-state index contributed by atoms with van der Waals surface area (Å²) in [7, 11) is 1.83. The van der Waals surface area contributed by atoms with Crippen LogP contribution in [-0.2, 0) is 6.54 Å². The van der Waals surface area contributed by atoms with Crippen LogP contribution in [-0.4, -0.2) is 42.5 Å². The molecular formula is C19H29N5S2. The molecule has 1 unspecified atom stereocenters. The van der Waals surface area contributed by atoms with Gasteiger partial charge in [-0.2, -0.15) is 0 Å². The van der Waals surface area contributed by atoms with Gasteiger partial charge in [0.1, 0.15) is 5.01 Å². The van der Waals surface area contributed by atoms with Gasteiger partial charge in [-0.25, -0.2) is 4.98 Å². The molecule has 2 aromatic heterocycles. The third-order valence-corrected chi connectivity index (χ3v) is 6.55. The van der Waals surface area contributed by atoms with Crippen molar-refractivity contribution in [3.63, 3.8) is 0 Å². The van der Waals surface area contributed by atoms with E-state index in [-0.39, 0.29) is 0 Å². The summed E-state index contributed by atoms with van der Waals surface area (Å²) in [6, 6.07) is 4.81. The number of guanidine groups is 1. The molecule has 1 aliphatic rings. The van der Waals surface area contributed by atoms with Gasteiger partial charge >= 0.3 is 0 Å². The Balaban J connectivity index is 1.54. The Kier molecular flexibility index (Phi) is 7.05. The zero-order valence-corrected chi connectivity index (χ0v) is 17.5. The van der Waals surface area contributed by atoms with Crippen LogP contribution in [0.5, 0.6) is 0 Å². The second-order valence-corrected chi connectivity index (χ2v) is 8.82. The molecule has 0 aromatic carbocycles. The molecule has 142 valence electrons. The number of likely N-dealkylation sites (tertiary alicyclic amines) is 1. The van der Waals surface area contributed by atoms with Crippen molar-refractivity contribution in [3.05, 3.63) is 38.5 Å². The van der Waals surface area contributed by atoms with E-state index in [2.05, 4.69) is 62.3 Å². The van der Waals surface area contributed by atoms with Gasteiger partial charge in [0, 0.05) is 23.8 Å². The lowest BCUT2D eigenvalue weighted by atomic mass is 10.2. The number of nitrogens with one attached hydrogen (secondary N) is 2. The molecule has 2 N–H and O–H groups in total. The summed E-state index contributed by atoms with van der Waals surface area (Å²) in [5, 5.41) is 12.3. The van der Waals surface area contributed by atoms with Crippen LogP contribution in [0.3, 0.4) is 0 Å². The molecular weight excluding hydrogens is 362 g/mol. The van der Waals surface area contributed by atoms with Gasteiger partial charge in [-0.15, -0.1) is 22.7 Å². The number of nitrogens with zero attached hydrogens (tertiary/aromatic N) is 3. The Morgan fingerprint density at radius 3 is 2.69 bits per heavy atom. The quantitative estimate of drug-likeness (QED) is 0.556. The summed E-state index contributed by atoms with van der Waals surface area (Å²) >= 11 is 3.55. The molecule has 0 spiro atoms. The standard InChI is InChI=1S/C19H29N5S2/c1-14(2)15-13-26-18(23-15)12-22-19(20-3)21-11-16(17-7-6-10-25-17)24-8-4-5-9-24/h6-7,10,13-14,16H,4-5,8-9,11-12H2,1-3H3,(H2,20,21,22). The van der Waals surface area contributed by atoms with Crippen molar-refractivity contribution in [2.75, 3.05) is 26.7 Å². The van der Waals surface area contributed by atoms with Crippen molar-refractivity contribution >= 4 is 28.6 Å². The molecule has 0 saturated carbocycles. The lowest BCUT2D eigenvalue weighted by Gasteiger charge is -2.27. The maximum atomic E-state index is 4.68. The number of thiophene rings is 1. The first-order chi connectivity index (χ1) is 12.7. The highest BCUT2D eigenvalue weighted by atomic mass is 32.1. The van der Waals surface area contributed by atoms with Crippen LogP contribution in [0, 0.1) is 0 Å². The van der Waals surface area contributed by atoms with Gasteiger partial charge in [0.05, 0.1) is 18.3 Å². The molecule has 2 aromatic rings. The summed E-state index contributed by atoms with van der Waals surface area (Å²) < 4.78 is 0. The predicted molar refractivity (Wildman–Crippen MR) is 112 cm³/mol. The second-order valence-electron chi connectivity index (χ2n) is 6.90. The summed E-state index contributed by atoms with van der Waals surface area (Å²) in [6.45, 7) is 8.31. The Morgan fingerprint density at radius 1 is 1.27 bits per heavy atom. The zero-order chi connectivity index (χ0) is 18.4. The van der Waals surface area contributed by atoms with Crippen molar-refractivity contribution in [1.29, 1.82) is 0 Å². The zero-order valence-electron chi connectivity index (χ0n) is 15.9. The first kappa shape index (κ1) is 19.3. The first-order valence-corrected chi connectivity index (χ1v) is 11.1. The fourth-order valence-corrected chi connectivity index (χ4v) is 4.94. The van der Waals surface area contributed by atoms with Crippen LogP contribution >= 0.6 is 22.7 Å². The highest BCUT2D eigenvalue weighted by Gasteiger charge is 2.24. The van der Waals surface area contributed by atoms with Gasteiger partial charge in [0.25, 0.3) is 0 Å². The average Bonchev–Trinajstić information content (AvgIpc) is 3.40. The van der Waals surface area contributed by atoms with Crippen LogP contribution in [0.2, 0.25) is 0 Å². The molecule has 5 nitrogen and oxygen atoms in total. The fraction of sp³-hybridized carbons (Fsp3) is 0.579. The molecule has 0 bridgehead atoms. The minimum absolute atomic E-state index is 0.420. The van der Waals surface area contributed by atoms with E-state index in [1.54, 1.807) is 11.3 Å². The van der Waals surface area contributed by atoms with E-state index in [1.807, 2.05) is 18.4 Å². The summed E-state index contributed by atoms with van der Waals surface area (Å²) in [6.07, 6.45) is 2.61. The largest absolute Gasteiger partial charge is 0.354 e. The molecule has 1 atom stereocenters. The lowest BCUT2D eigenvalue weighted by Crippen LogP contribution is -2.42. The monoisotopic (exact) mass is 391 g/mol. The fourth-order valence-electron chi connectivity index (χ4n) is 3.19. The van der Waals surface area contributed by atoms with Gasteiger partial charge in [-0.1, -0.05) is 19.9 Å². The Bertz CT molecular complexity index is 687. The van der Waals surface area contributed by atoms with Gasteiger partial charge in [0.2, 0.25) is 0 Å². The van der Waals surface area contributed by atoms with E-state index in [0.29, 0.717) is 18.5 Å². The van der Waals surface area contributed by atoms with E-state index in [9.17, 15) is 0 Å². The number of rotatable bonds is 7. The Labute approximate surface area is 164 Å². The average molecular weight is 392 g/mol. The highest BCUT2D eigenvalue weighted by molar-refractivity contribution is 7.10. The van der Waals surface area contributed by atoms with E-state index >= 15 is 0 Å². The number of aromatic nitrogens is 1. The molecule has 3 heterocycles. The van der Waals surface area contributed by atoms with Gasteiger partial charge in [0.15, 0.2) is 5.96 Å². The number of aliphatic imine (C=N–C) groups is 1. The SMILES string of the molecule is CN=C(NCc1nc(C(C)C)cs1)NCC(c1cccs1)N1CCCC1. The van der Waals surface area contributed by atoms with E-state index in [0.717, 1.165) is 17.5 Å². The Morgan fingerprint density at radius 2 is 2.08 bits per heavy atom. The third kappa shape index (κ3) is 5.05. The van der Waals surface area contributed by atoms with Crippen LogP contribution in [0.25, 0.3) is 0 Å². The van der Waals surface area contributed by atoms with Crippen molar-refractivity contribution in [3.8, 4) is 0 Å². The Hall–Kier alpha value is -1.44. The predicted octanol–water partition coefficient (Wildman–Crippen LogP) is 3.83. The molecule has 1 aliphatic heterocycles. The number of hydrogen-bond acceptors (Lipinski definition) is 5. The summed E-state index contributed by atoms with van der Waals surface area (Å²) in [5.41, 5.74) is 1.17. The normalized spacial score (nSPS) is 17.0. The molecule has 1 fully saturated rings. The lowest BCUT2D eigenvalue weighted by molar-refractivity contribution is 0.249. The smallest absolute Gasteiger partial charge is 0.191 e. The molecule has 1 saturated heterocycles. The summed E-state index contributed by atoms with van der Waals surface area (Å²) in [4.78, 5) is 13.1. The molecule has 7 heteroatoms. The van der Waals surface area contributed by atoms with Crippen LogP contribution in [0.1, 0.15) is 54.2 Å². The van der Waals surface area contributed by atoms with Crippen LogP contribution in [0.15, 0.2) is 27.9 Å². The minimum atomic E-state index is 0.420. The number of thiazole rings is 1. The van der Waals surface area contributed by atoms with E-state index in [1.165, 1.54) is 36.5 Å². The van der Waals surface area contributed by atoms with E-state index in [4.69, 9.17) is 0 Å². The molecule has 0 radical (unpaired) electrons. The van der Waals surface area contributed by atoms with E-state index < -0.39 is 0 Å². The van der Waals surface area contributed by atoms with Crippen LogP contribution in [0.4, 0.5) is 0 Å². The van der Waals surface area contributed by atoms with Gasteiger partial charge < -0.3 is 10.6 Å². The minimum Gasteiger partial charge on any atom is -0.354 e. The number of hydrogen-bond donors (Lipinski definition) is 2. The molecule has 26 heavy (non-hydrogen) atoms. The van der Waals surface area contributed by atoms with Crippen molar-refractivity contribution < 1.29 is 0 Å². The second kappa shape index (κ2) is 9.48. The maximum absolute atomic E-state index is 4.68. The maximum Gasteiger partial charge on any atom is 0.191 e. The van der Waals surface area contributed by atoms with Crippen molar-refractivity contribution in [2.45, 2.75) is 45.2 Å². The van der Waals surface area contributed by atoms with Gasteiger partial charge in [-0.3, -0.25) is 9.89 Å². The molecule has 3 rings (SSSR count). The molecule has 0 amide bonds. The topological polar surface area (TPSA) is 52.6 Å². The van der Waals surface area contributed by atoms with Crippen molar-refractivity contribution in [2.24, 2.45) is 4.99 Å². The van der Waals surface area contributed by atoms with Gasteiger partial charge in [-0.05, 0) is 43.3 Å².